The van der Waals surface area contributed by atoms with Crippen LogP contribution >= 0.6 is 0 Å². The SMILES string of the molecule is O[C@H](Cc1ccccc1)[C@@H](O)c1ccccc1. The monoisotopic (exact) mass is 228 g/mol. The van der Waals surface area contributed by atoms with Gasteiger partial charge in [0, 0.05) is 6.42 Å². The molecule has 0 radical (unpaired) electrons. The Balaban J connectivity index is 2.03. The molecule has 2 nitrogen and oxygen atoms in total. The maximum Gasteiger partial charge on any atom is 0.105 e. The molecular weight excluding hydrogens is 212 g/mol. The Morgan fingerprint density at radius 1 is 0.765 bits per heavy atom. The van der Waals surface area contributed by atoms with Gasteiger partial charge in [-0.05, 0) is 11.1 Å². The highest BCUT2D eigenvalue weighted by atomic mass is 16.3. The van der Waals surface area contributed by atoms with Crippen LogP contribution in [0.5, 0.6) is 0 Å². The molecule has 2 N–H and O–H groups in total. The molecule has 0 aromatic heterocycles. The lowest BCUT2D eigenvalue weighted by Crippen LogP contribution is -2.20. The normalized spacial score (nSPS) is 14.2. The van der Waals surface area contributed by atoms with Crippen molar-refractivity contribution in [1.82, 2.24) is 0 Å². The second-order valence-corrected chi connectivity index (χ2v) is 4.11. The minimum Gasteiger partial charge on any atom is -0.390 e. The summed E-state index contributed by atoms with van der Waals surface area (Å²) in [6.07, 6.45) is -1.16. The highest BCUT2D eigenvalue weighted by Crippen LogP contribution is 2.19. The van der Waals surface area contributed by atoms with Gasteiger partial charge in [0.1, 0.15) is 6.10 Å². The molecule has 2 aromatic carbocycles. The van der Waals surface area contributed by atoms with Crippen LogP contribution in [0.2, 0.25) is 0 Å². The maximum absolute atomic E-state index is 10.0. The van der Waals surface area contributed by atoms with Crippen LogP contribution in [0.15, 0.2) is 60.7 Å². The Bertz CT molecular complexity index is 439. The number of rotatable bonds is 4. The van der Waals surface area contributed by atoms with Crippen LogP contribution in [0.1, 0.15) is 17.2 Å². The van der Waals surface area contributed by atoms with Crippen LogP contribution in [0.25, 0.3) is 0 Å². The zero-order valence-electron chi connectivity index (χ0n) is 9.53. The molecule has 0 spiro atoms. The van der Waals surface area contributed by atoms with Crippen molar-refractivity contribution in [2.75, 3.05) is 0 Å². The highest BCUT2D eigenvalue weighted by Gasteiger charge is 2.18. The van der Waals surface area contributed by atoms with Gasteiger partial charge in [0.15, 0.2) is 0 Å². The van der Waals surface area contributed by atoms with Crippen molar-refractivity contribution in [1.29, 1.82) is 0 Å². The van der Waals surface area contributed by atoms with Crippen LogP contribution in [0.4, 0.5) is 0 Å². The Morgan fingerprint density at radius 3 is 1.88 bits per heavy atom. The molecule has 2 atom stereocenters. The molecule has 0 aliphatic heterocycles. The summed E-state index contributed by atoms with van der Waals surface area (Å²) in [6, 6.07) is 18.9. The third kappa shape index (κ3) is 3.16. The van der Waals surface area contributed by atoms with Crippen molar-refractivity contribution < 1.29 is 10.2 Å². The number of hydrogen-bond donors (Lipinski definition) is 2. The van der Waals surface area contributed by atoms with Crippen molar-refractivity contribution in [3.05, 3.63) is 71.8 Å². The fraction of sp³-hybridized carbons (Fsp3) is 0.200. The van der Waals surface area contributed by atoms with E-state index in [0.29, 0.717) is 6.42 Å². The zero-order chi connectivity index (χ0) is 12.1. The molecule has 0 saturated heterocycles. The standard InChI is InChI=1S/C15H16O2/c16-14(11-12-7-3-1-4-8-12)15(17)13-9-5-2-6-10-13/h1-10,14-17H,11H2/t14-,15+/m1/s1. The topological polar surface area (TPSA) is 40.5 Å². The molecule has 0 saturated carbocycles. The van der Waals surface area contributed by atoms with E-state index in [4.69, 9.17) is 0 Å². The van der Waals surface area contributed by atoms with E-state index in [1.165, 1.54) is 0 Å². The molecule has 2 aromatic rings. The average molecular weight is 228 g/mol. The summed E-state index contributed by atoms with van der Waals surface area (Å²) in [7, 11) is 0. The summed E-state index contributed by atoms with van der Waals surface area (Å²) in [5.41, 5.74) is 1.77. The largest absolute Gasteiger partial charge is 0.390 e. The highest BCUT2D eigenvalue weighted by molar-refractivity contribution is 5.20. The third-order valence-electron chi connectivity index (χ3n) is 2.79. The molecule has 0 heterocycles. The van der Waals surface area contributed by atoms with Gasteiger partial charge in [-0.2, -0.15) is 0 Å². The molecule has 0 fully saturated rings. The van der Waals surface area contributed by atoms with Crippen molar-refractivity contribution >= 4 is 0 Å². The van der Waals surface area contributed by atoms with E-state index >= 15 is 0 Å². The Labute approximate surface area is 101 Å². The van der Waals surface area contributed by atoms with Gasteiger partial charge in [-0.3, -0.25) is 0 Å². The summed E-state index contributed by atoms with van der Waals surface area (Å²) in [4.78, 5) is 0. The van der Waals surface area contributed by atoms with Gasteiger partial charge < -0.3 is 10.2 Å². The first-order valence-corrected chi connectivity index (χ1v) is 5.72. The maximum atomic E-state index is 10.0. The summed E-state index contributed by atoms with van der Waals surface area (Å²) in [5, 5.41) is 20.0. The van der Waals surface area contributed by atoms with Crippen LogP contribution in [0, 0.1) is 0 Å². The predicted molar refractivity (Wildman–Crippen MR) is 67.6 cm³/mol. The van der Waals surface area contributed by atoms with E-state index in [2.05, 4.69) is 0 Å². The molecule has 0 amide bonds. The Morgan fingerprint density at radius 2 is 1.29 bits per heavy atom. The molecule has 2 rings (SSSR count). The van der Waals surface area contributed by atoms with E-state index in [-0.39, 0.29) is 0 Å². The first-order valence-electron chi connectivity index (χ1n) is 5.72. The van der Waals surface area contributed by atoms with Crippen LogP contribution < -0.4 is 0 Å². The van der Waals surface area contributed by atoms with E-state index in [9.17, 15) is 10.2 Å². The van der Waals surface area contributed by atoms with Gasteiger partial charge >= 0.3 is 0 Å². The lowest BCUT2D eigenvalue weighted by atomic mass is 9.99. The second kappa shape index (κ2) is 5.62. The third-order valence-corrected chi connectivity index (χ3v) is 2.79. The van der Waals surface area contributed by atoms with Crippen LogP contribution in [0.3, 0.4) is 0 Å². The number of aliphatic hydroxyl groups is 2. The van der Waals surface area contributed by atoms with Crippen molar-refractivity contribution in [3.8, 4) is 0 Å². The molecule has 0 aliphatic carbocycles. The van der Waals surface area contributed by atoms with Crippen molar-refractivity contribution in [2.45, 2.75) is 18.6 Å². The fourth-order valence-corrected chi connectivity index (χ4v) is 1.84. The molecule has 0 unspecified atom stereocenters. The van der Waals surface area contributed by atoms with Crippen LogP contribution in [-0.2, 0) is 6.42 Å². The minimum atomic E-state index is -0.837. The van der Waals surface area contributed by atoms with Gasteiger partial charge in [-0.1, -0.05) is 60.7 Å². The number of hydrogen-bond acceptors (Lipinski definition) is 2. The van der Waals surface area contributed by atoms with Gasteiger partial charge in [0.2, 0.25) is 0 Å². The predicted octanol–water partition coefficient (Wildman–Crippen LogP) is 2.32. The van der Waals surface area contributed by atoms with Crippen molar-refractivity contribution in [2.24, 2.45) is 0 Å². The van der Waals surface area contributed by atoms with Gasteiger partial charge in [0.25, 0.3) is 0 Å². The molecule has 2 heteroatoms. The molecule has 88 valence electrons. The lowest BCUT2D eigenvalue weighted by Gasteiger charge is -2.18. The van der Waals surface area contributed by atoms with Crippen molar-refractivity contribution in [3.63, 3.8) is 0 Å². The van der Waals surface area contributed by atoms with E-state index in [0.717, 1.165) is 11.1 Å². The Kier molecular flexibility index (Phi) is 3.91. The second-order valence-electron chi connectivity index (χ2n) is 4.11. The lowest BCUT2D eigenvalue weighted by molar-refractivity contribution is 0.0190. The molecule has 0 bridgehead atoms. The summed E-state index contributed by atoms with van der Waals surface area (Å²) in [5.74, 6) is 0. The minimum absolute atomic E-state index is 0.455. The molecular formula is C15H16O2. The smallest absolute Gasteiger partial charge is 0.105 e. The molecule has 0 aliphatic rings. The summed E-state index contributed by atoms with van der Waals surface area (Å²) < 4.78 is 0. The number of benzene rings is 2. The van der Waals surface area contributed by atoms with Gasteiger partial charge in [-0.15, -0.1) is 0 Å². The van der Waals surface area contributed by atoms with Gasteiger partial charge in [-0.25, -0.2) is 0 Å². The fourth-order valence-electron chi connectivity index (χ4n) is 1.84. The average Bonchev–Trinajstić information content (AvgIpc) is 2.40. The summed E-state index contributed by atoms with van der Waals surface area (Å²) in [6.45, 7) is 0. The first-order chi connectivity index (χ1) is 8.27. The van der Waals surface area contributed by atoms with Gasteiger partial charge in [0.05, 0.1) is 6.10 Å². The summed E-state index contributed by atoms with van der Waals surface area (Å²) >= 11 is 0. The quantitative estimate of drug-likeness (QED) is 0.843. The first kappa shape index (κ1) is 11.8. The van der Waals surface area contributed by atoms with Crippen LogP contribution in [-0.4, -0.2) is 16.3 Å². The number of aliphatic hydroxyl groups excluding tert-OH is 2. The Hall–Kier alpha value is -1.64. The van der Waals surface area contributed by atoms with E-state index in [1.807, 2.05) is 60.7 Å². The van der Waals surface area contributed by atoms with E-state index in [1.54, 1.807) is 0 Å². The zero-order valence-corrected chi connectivity index (χ0v) is 9.53. The molecule has 17 heavy (non-hydrogen) atoms. The van der Waals surface area contributed by atoms with E-state index < -0.39 is 12.2 Å².